The molecule has 0 radical (unpaired) electrons. The number of hydrazine groups is 1. The van der Waals surface area contributed by atoms with E-state index in [4.69, 9.17) is 38.4 Å². The lowest BCUT2D eigenvalue weighted by molar-refractivity contribution is -0.139. The van der Waals surface area contributed by atoms with Crippen molar-refractivity contribution in [1.29, 1.82) is 0 Å². The number of thiocarbonyl (C=S) groups is 1. The Hall–Kier alpha value is -3.86. The molecule has 0 spiro atoms. The Morgan fingerprint density at radius 1 is 1.03 bits per heavy atom. The molecule has 2 amide bonds. The Balaban J connectivity index is 1.39. The lowest BCUT2D eigenvalue weighted by Crippen LogP contribution is -2.44. The van der Waals surface area contributed by atoms with E-state index in [9.17, 15) is 14.4 Å². The number of halogens is 1. The van der Waals surface area contributed by atoms with Gasteiger partial charge in [-0.2, -0.15) is 5.01 Å². The van der Waals surface area contributed by atoms with Gasteiger partial charge in [-0.15, -0.1) is 0 Å². The molecule has 3 aromatic carbocycles. The van der Waals surface area contributed by atoms with Gasteiger partial charge in [0.2, 0.25) is 0 Å². The third-order valence-corrected chi connectivity index (χ3v) is 6.55. The fourth-order valence-corrected chi connectivity index (χ4v) is 4.49. The van der Waals surface area contributed by atoms with Gasteiger partial charge in [0.15, 0.2) is 10.9 Å². The summed E-state index contributed by atoms with van der Waals surface area (Å²) in [5, 5.41) is 10.5. The van der Waals surface area contributed by atoms with Crippen molar-refractivity contribution in [3.05, 3.63) is 99.4 Å². The average molecular weight is 555 g/mol. The average Bonchev–Trinajstić information content (AvgIpc) is 3.15. The molecule has 0 bridgehead atoms. The van der Waals surface area contributed by atoms with Gasteiger partial charge in [-0.1, -0.05) is 53.7 Å². The first-order valence-corrected chi connectivity index (χ1v) is 12.4. The molecular formula is C26H19ClN2O6S2. The van der Waals surface area contributed by atoms with Crippen molar-refractivity contribution in [2.75, 3.05) is 6.61 Å². The number of ether oxygens (including phenoxy) is 2. The standard InChI is InChI=1S/C26H19ClN2O6S2/c27-19-9-5-16(6-10-19)14-34-20-11-7-17(8-12-20)24(32)28-29-25(33)22(37-26(29)36)13-18-3-1-2-4-21(18)35-15-23(30)31/h1-13H,14-15H2,(H,28,32)(H,30,31)/b22-13+. The third-order valence-electron chi connectivity index (χ3n) is 5.00. The van der Waals surface area contributed by atoms with E-state index in [1.54, 1.807) is 60.7 Å². The minimum atomic E-state index is -1.12. The summed E-state index contributed by atoms with van der Waals surface area (Å²) in [5.41, 5.74) is 4.29. The molecule has 0 unspecified atom stereocenters. The Morgan fingerprint density at radius 3 is 2.43 bits per heavy atom. The lowest BCUT2D eigenvalue weighted by Gasteiger charge is -2.16. The van der Waals surface area contributed by atoms with Gasteiger partial charge in [0, 0.05) is 16.1 Å². The summed E-state index contributed by atoms with van der Waals surface area (Å²) in [7, 11) is 0. The van der Waals surface area contributed by atoms with E-state index >= 15 is 0 Å². The number of amides is 2. The van der Waals surface area contributed by atoms with Crippen LogP contribution in [0.2, 0.25) is 5.02 Å². The minimum absolute atomic E-state index is 0.149. The number of carbonyl (C=O) groups is 3. The summed E-state index contributed by atoms with van der Waals surface area (Å²) >= 11 is 12.2. The van der Waals surface area contributed by atoms with Gasteiger partial charge in [-0.05, 0) is 66.3 Å². The Bertz CT molecular complexity index is 1380. The number of carboxylic acids is 1. The minimum Gasteiger partial charge on any atom is -0.489 e. The molecule has 0 atom stereocenters. The number of thioether (sulfide) groups is 1. The largest absolute Gasteiger partial charge is 0.489 e. The normalized spacial score (nSPS) is 14.1. The van der Waals surface area contributed by atoms with Crippen molar-refractivity contribution >= 4 is 63.8 Å². The molecule has 1 saturated heterocycles. The maximum atomic E-state index is 12.9. The first-order chi connectivity index (χ1) is 17.8. The van der Waals surface area contributed by atoms with Crippen molar-refractivity contribution in [2.24, 2.45) is 0 Å². The van der Waals surface area contributed by atoms with Crippen LogP contribution in [0.1, 0.15) is 21.5 Å². The highest BCUT2D eigenvalue weighted by Crippen LogP contribution is 2.33. The number of nitrogens with one attached hydrogen (secondary N) is 1. The van der Waals surface area contributed by atoms with Crippen LogP contribution in [-0.2, 0) is 16.2 Å². The van der Waals surface area contributed by atoms with E-state index in [0.717, 1.165) is 22.3 Å². The Labute approximate surface area is 226 Å². The number of aliphatic carboxylic acids is 1. The molecule has 1 heterocycles. The van der Waals surface area contributed by atoms with Crippen molar-refractivity contribution in [3.63, 3.8) is 0 Å². The first kappa shape index (κ1) is 26.2. The van der Waals surface area contributed by atoms with Crippen molar-refractivity contribution in [3.8, 4) is 11.5 Å². The molecule has 1 aliphatic rings. The van der Waals surface area contributed by atoms with E-state index in [0.29, 0.717) is 34.3 Å². The fraction of sp³-hybridized carbons (Fsp3) is 0.0769. The van der Waals surface area contributed by atoms with Crippen LogP contribution < -0.4 is 14.9 Å². The van der Waals surface area contributed by atoms with Gasteiger partial charge in [-0.25, -0.2) is 4.79 Å². The molecule has 1 fully saturated rings. The zero-order chi connectivity index (χ0) is 26.4. The highest BCUT2D eigenvalue weighted by Gasteiger charge is 2.34. The van der Waals surface area contributed by atoms with Crippen LogP contribution in [0.5, 0.6) is 11.5 Å². The Morgan fingerprint density at radius 2 is 1.73 bits per heavy atom. The highest BCUT2D eigenvalue weighted by atomic mass is 35.5. The molecule has 8 nitrogen and oxygen atoms in total. The molecule has 0 aliphatic carbocycles. The molecular weight excluding hydrogens is 536 g/mol. The van der Waals surface area contributed by atoms with E-state index in [-0.39, 0.29) is 9.23 Å². The van der Waals surface area contributed by atoms with Gasteiger partial charge >= 0.3 is 5.97 Å². The van der Waals surface area contributed by atoms with E-state index in [2.05, 4.69) is 5.43 Å². The highest BCUT2D eigenvalue weighted by molar-refractivity contribution is 8.26. The first-order valence-electron chi connectivity index (χ1n) is 10.8. The van der Waals surface area contributed by atoms with Crippen molar-refractivity contribution in [1.82, 2.24) is 10.4 Å². The molecule has 3 aromatic rings. The predicted molar refractivity (Wildman–Crippen MR) is 144 cm³/mol. The summed E-state index contributed by atoms with van der Waals surface area (Å²) < 4.78 is 11.2. The molecule has 0 aromatic heterocycles. The topological polar surface area (TPSA) is 105 Å². The number of benzene rings is 3. The second-order valence-corrected chi connectivity index (χ2v) is 9.73. The molecule has 0 saturated carbocycles. The second-order valence-electron chi connectivity index (χ2n) is 7.62. The number of hydrogen-bond donors (Lipinski definition) is 2. The van der Waals surface area contributed by atoms with E-state index < -0.39 is 24.4 Å². The van der Waals surface area contributed by atoms with Gasteiger partial charge in [0.1, 0.15) is 18.1 Å². The van der Waals surface area contributed by atoms with Crippen LogP contribution in [0.3, 0.4) is 0 Å². The van der Waals surface area contributed by atoms with Crippen LogP contribution in [-0.4, -0.2) is 38.8 Å². The quantitative estimate of drug-likeness (QED) is 0.283. The second kappa shape index (κ2) is 11.9. The van der Waals surface area contributed by atoms with Crippen molar-refractivity contribution < 1.29 is 29.0 Å². The third kappa shape index (κ3) is 6.88. The molecule has 4 rings (SSSR count). The maximum absolute atomic E-state index is 12.9. The molecule has 188 valence electrons. The summed E-state index contributed by atoms with van der Waals surface area (Å²) in [6.45, 7) is -0.178. The molecule has 11 heteroatoms. The SMILES string of the molecule is O=C(O)COc1ccccc1/C=C1/SC(=S)N(NC(=O)c2ccc(OCc3ccc(Cl)cc3)cc2)C1=O. The summed E-state index contributed by atoms with van der Waals surface area (Å²) in [5.74, 6) is -1.28. The van der Waals surface area contributed by atoms with E-state index in [1.807, 2.05) is 12.1 Å². The summed E-state index contributed by atoms with van der Waals surface area (Å²) in [6.07, 6.45) is 1.54. The van der Waals surface area contributed by atoms with Gasteiger partial charge in [0.25, 0.3) is 11.8 Å². The van der Waals surface area contributed by atoms with Gasteiger partial charge in [0.05, 0.1) is 4.91 Å². The number of para-hydroxylation sites is 1. The number of nitrogens with zero attached hydrogens (tertiary/aromatic N) is 1. The predicted octanol–water partition coefficient (Wildman–Crippen LogP) is 4.93. The van der Waals surface area contributed by atoms with Crippen LogP contribution in [0.4, 0.5) is 0 Å². The zero-order valence-electron chi connectivity index (χ0n) is 19.0. The monoisotopic (exact) mass is 554 g/mol. The number of carbonyl (C=O) groups excluding carboxylic acids is 2. The van der Waals surface area contributed by atoms with Crippen LogP contribution in [0, 0.1) is 0 Å². The number of hydrogen-bond acceptors (Lipinski definition) is 7. The molecule has 2 N–H and O–H groups in total. The van der Waals surface area contributed by atoms with Crippen LogP contribution in [0.15, 0.2) is 77.7 Å². The zero-order valence-corrected chi connectivity index (χ0v) is 21.4. The Kier molecular flexibility index (Phi) is 8.44. The number of carboxylic acid groups (broad SMARTS) is 1. The number of rotatable bonds is 9. The van der Waals surface area contributed by atoms with Crippen molar-refractivity contribution in [2.45, 2.75) is 6.61 Å². The van der Waals surface area contributed by atoms with E-state index in [1.165, 1.54) is 6.08 Å². The van der Waals surface area contributed by atoms with Gasteiger partial charge in [-0.3, -0.25) is 15.0 Å². The molecule has 37 heavy (non-hydrogen) atoms. The smallest absolute Gasteiger partial charge is 0.341 e. The van der Waals surface area contributed by atoms with Crippen LogP contribution in [0.25, 0.3) is 6.08 Å². The lowest BCUT2D eigenvalue weighted by atomic mass is 10.2. The summed E-state index contributed by atoms with van der Waals surface area (Å²) in [6, 6.07) is 20.5. The fourth-order valence-electron chi connectivity index (χ4n) is 3.19. The van der Waals surface area contributed by atoms with Crippen LogP contribution >= 0.6 is 35.6 Å². The summed E-state index contributed by atoms with van der Waals surface area (Å²) in [4.78, 5) is 36.8. The van der Waals surface area contributed by atoms with Gasteiger partial charge < -0.3 is 14.6 Å². The molecule has 1 aliphatic heterocycles. The maximum Gasteiger partial charge on any atom is 0.341 e.